The van der Waals surface area contributed by atoms with E-state index < -0.39 is 0 Å². The largest absolute Gasteiger partial charge is 0.506 e. The molecular formula is C18H20FNO2S. The summed E-state index contributed by atoms with van der Waals surface area (Å²) in [7, 11) is 0. The minimum Gasteiger partial charge on any atom is -0.506 e. The molecule has 0 saturated carbocycles. The highest BCUT2D eigenvalue weighted by Crippen LogP contribution is 2.22. The summed E-state index contributed by atoms with van der Waals surface area (Å²) >= 11 is 1.62. The van der Waals surface area contributed by atoms with Crippen molar-refractivity contribution in [3.05, 3.63) is 54.3 Å². The van der Waals surface area contributed by atoms with Crippen molar-refractivity contribution >= 4 is 23.4 Å². The van der Waals surface area contributed by atoms with Gasteiger partial charge in [0, 0.05) is 11.3 Å². The fourth-order valence-corrected chi connectivity index (χ4v) is 3.06. The molecule has 0 atom stereocenters. The highest BCUT2D eigenvalue weighted by atomic mass is 32.2. The number of aromatic hydroxyl groups is 1. The smallest absolute Gasteiger partial charge is 0.224 e. The molecule has 0 aliphatic carbocycles. The number of phenols is 1. The number of nitrogens with one attached hydrogen (secondary N) is 1. The fraction of sp³-hybridized carbons (Fsp3) is 0.278. The first kappa shape index (κ1) is 17.3. The lowest BCUT2D eigenvalue weighted by molar-refractivity contribution is -0.116. The molecule has 0 aliphatic heterocycles. The third-order valence-electron chi connectivity index (χ3n) is 3.29. The van der Waals surface area contributed by atoms with Gasteiger partial charge in [-0.25, -0.2) is 4.39 Å². The van der Waals surface area contributed by atoms with Crippen molar-refractivity contribution in [1.29, 1.82) is 0 Å². The van der Waals surface area contributed by atoms with Gasteiger partial charge in [-0.05, 0) is 48.9 Å². The van der Waals surface area contributed by atoms with Crippen LogP contribution in [-0.4, -0.2) is 16.8 Å². The Morgan fingerprint density at radius 1 is 1.09 bits per heavy atom. The second-order valence-corrected chi connectivity index (χ2v) is 6.35. The number of halogens is 1. The Bertz CT molecular complexity index is 648. The number of benzene rings is 2. The maximum absolute atomic E-state index is 13.0. The number of unbranched alkanes of at least 4 members (excludes halogenated alkanes) is 2. The molecule has 23 heavy (non-hydrogen) atoms. The van der Waals surface area contributed by atoms with Gasteiger partial charge in [-0.3, -0.25) is 4.79 Å². The van der Waals surface area contributed by atoms with Crippen LogP contribution in [0.1, 0.15) is 25.7 Å². The predicted molar refractivity (Wildman–Crippen MR) is 92.3 cm³/mol. The first-order valence-corrected chi connectivity index (χ1v) is 8.60. The molecule has 5 heteroatoms. The summed E-state index contributed by atoms with van der Waals surface area (Å²) in [5, 5.41) is 12.3. The van der Waals surface area contributed by atoms with Crippen molar-refractivity contribution in [2.75, 3.05) is 11.1 Å². The highest BCUT2D eigenvalue weighted by molar-refractivity contribution is 7.99. The van der Waals surface area contributed by atoms with Crippen LogP contribution in [0.5, 0.6) is 5.75 Å². The fourth-order valence-electron chi connectivity index (χ4n) is 2.10. The molecule has 3 nitrogen and oxygen atoms in total. The zero-order valence-electron chi connectivity index (χ0n) is 12.8. The van der Waals surface area contributed by atoms with E-state index in [4.69, 9.17) is 0 Å². The van der Waals surface area contributed by atoms with E-state index in [1.807, 2.05) is 6.07 Å². The number of phenolic OH excluding ortho intramolecular Hbond substituents is 1. The predicted octanol–water partition coefficient (Wildman–Crippen LogP) is 4.82. The number of carbonyl (C=O) groups is 1. The van der Waals surface area contributed by atoms with E-state index in [1.165, 1.54) is 12.1 Å². The number of carbonyl (C=O) groups excluding carboxylic acids is 1. The van der Waals surface area contributed by atoms with Gasteiger partial charge in [-0.15, -0.1) is 11.8 Å². The van der Waals surface area contributed by atoms with Crippen LogP contribution in [0.25, 0.3) is 0 Å². The van der Waals surface area contributed by atoms with Gasteiger partial charge >= 0.3 is 0 Å². The first-order chi connectivity index (χ1) is 11.1. The van der Waals surface area contributed by atoms with Gasteiger partial charge in [-0.2, -0.15) is 0 Å². The minimum atomic E-state index is -0.212. The zero-order chi connectivity index (χ0) is 16.5. The molecule has 0 spiro atoms. The number of hydrogen-bond donors (Lipinski definition) is 2. The van der Waals surface area contributed by atoms with Crippen molar-refractivity contribution in [2.24, 2.45) is 0 Å². The third kappa shape index (κ3) is 6.32. The van der Waals surface area contributed by atoms with Crippen LogP contribution < -0.4 is 5.32 Å². The second-order valence-electron chi connectivity index (χ2n) is 5.18. The molecule has 122 valence electrons. The lowest BCUT2D eigenvalue weighted by atomic mass is 10.2. The minimum absolute atomic E-state index is 0.0762. The summed E-state index contributed by atoms with van der Waals surface area (Å²) in [5.41, 5.74) is 0.444. The second kappa shape index (κ2) is 9.20. The molecule has 0 unspecified atom stereocenters. The van der Waals surface area contributed by atoms with E-state index in [1.54, 1.807) is 42.1 Å². The summed E-state index contributed by atoms with van der Waals surface area (Å²) in [4.78, 5) is 12.7. The summed E-state index contributed by atoms with van der Waals surface area (Å²) < 4.78 is 13.0. The number of thioether (sulfide) groups is 1. The monoisotopic (exact) mass is 333 g/mol. The molecule has 0 heterocycles. The van der Waals surface area contributed by atoms with Gasteiger partial charge in [0.2, 0.25) is 5.91 Å². The summed E-state index contributed by atoms with van der Waals surface area (Å²) in [5.74, 6) is 0.678. The molecule has 2 N–H and O–H groups in total. The number of anilines is 1. The van der Waals surface area contributed by atoms with Crippen molar-refractivity contribution in [3.8, 4) is 5.75 Å². The van der Waals surface area contributed by atoms with E-state index in [9.17, 15) is 14.3 Å². The maximum atomic E-state index is 13.0. The van der Waals surface area contributed by atoms with Gasteiger partial charge in [-0.1, -0.05) is 24.6 Å². The van der Waals surface area contributed by atoms with Crippen molar-refractivity contribution in [2.45, 2.75) is 30.6 Å². The van der Waals surface area contributed by atoms with Gasteiger partial charge < -0.3 is 10.4 Å². The molecule has 0 fully saturated rings. The van der Waals surface area contributed by atoms with Crippen LogP contribution in [0, 0.1) is 5.82 Å². The molecule has 1 amide bonds. The number of rotatable bonds is 8. The maximum Gasteiger partial charge on any atom is 0.224 e. The number of hydrogen-bond acceptors (Lipinski definition) is 3. The van der Waals surface area contributed by atoms with Crippen LogP contribution in [0.4, 0.5) is 10.1 Å². The van der Waals surface area contributed by atoms with Gasteiger partial charge in [0.05, 0.1) is 5.69 Å². The average molecular weight is 333 g/mol. The Morgan fingerprint density at radius 2 is 1.91 bits per heavy atom. The lowest BCUT2D eigenvalue weighted by Gasteiger charge is -2.07. The Kier molecular flexibility index (Phi) is 6.94. The van der Waals surface area contributed by atoms with Crippen molar-refractivity contribution in [3.63, 3.8) is 0 Å². The lowest BCUT2D eigenvalue weighted by Crippen LogP contribution is -2.11. The van der Waals surface area contributed by atoms with Crippen LogP contribution >= 0.6 is 11.8 Å². The first-order valence-electron chi connectivity index (χ1n) is 7.61. The summed E-state index contributed by atoms with van der Waals surface area (Å²) in [6, 6.07) is 13.3. The van der Waals surface area contributed by atoms with Crippen LogP contribution in [0.15, 0.2) is 53.4 Å². The van der Waals surface area contributed by atoms with Crippen LogP contribution in [0.3, 0.4) is 0 Å². The molecule has 2 rings (SSSR count). The van der Waals surface area contributed by atoms with E-state index in [0.29, 0.717) is 12.1 Å². The Balaban J connectivity index is 1.58. The van der Waals surface area contributed by atoms with Gasteiger partial charge in [0.15, 0.2) is 0 Å². The Morgan fingerprint density at radius 3 is 2.70 bits per heavy atom. The normalized spacial score (nSPS) is 10.5. The third-order valence-corrected chi connectivity index (χ3v) is 4.37. The van der Waals surface area contributed by atoms with Crippen molar-refractivity contribution in [1.82, 2.24) is 0 Å². The highest BCUT2D eigenvalue weighted by Gasteiger charge is 2.05. The molecule has 2 aromatic rings. The summed E-state index contributed by atoms with van der Waals surface area (Å²) in [6.45, 7) is 0. The Hall–Kier alpha value is -2.01. The topological polar surface area (TPSA) is 49.3 Å². The van der Waals surface area contributed by atoms with Crippen LogP contribution in [-0.2, 0) is 4.79 Å². The Labute approximate surface area is 139 Å². The van der Waals surface area contributed by atoms with E-state index in [2.05, 4.69) is 5.32 Å². The van der Waals surface area contributed by atoms with E-state index >= 15 is 0 Å². The zero-order valence-corrected chi connectivity index (χ0v) is 13.6. The molecule has 0 saturated heterocycles. The molecule has 0 radical (unpaired) electrons. The molecule has 0 aliphatic rings. The van der Waals surface area contributed by atoms with Crippen LogP contribution in [0.2, 0.25) is 0 Å². The van der Waals surface area contributed by atoms with E-state index in [-0.39, 0.29) is 17.5 Å². The number of amides is 1. The number of para-hydroxylation sites is 2. The molecule has 0 bridgehead atoms. The quantitative estimate of drug-likeness (QED) is 0.413. The van der Waals surface area contributed by atoms with Gasteiger partial charge in [0.25, 0.3) is 0 Å². The van der Waals surface area contributed by atoms with E-state index in [0.717, 1.165) is 29.9 Å². The SMILES string of the molecule is O=C(CCCCCSc1cccc(F)c1)Nc1ccccc1O. The van der Waals surface area contributed by atoms with Gasteiger partial charge in [0.1, 0.15) is 11.6 Å². The molecule has 2 aromatic carbocycles. The summed E-state index contributed by atoms with van der Waals surface area (Å²) in [6.07, 6.45) is 3.14. The molecule has 0 aromatic heterocycles. The standard InChI is InChI=1S/C18H20FNO2S/c19-14-7-6-8-15(13-14)23-12-5-1-2-11-18(22)20-16-9-3-4-10-17(16)21/h3-4,6-10,13,21H,1-2,5,11-12H2,(H,20,22). The molecular weight excluding hydrogens is 313 g/mol. The van der Waals surface area contributed by atoms with Crippen molar-refractivity contribution < 1.29 is 14.3 Å². The average Bonchev–Trinajstić information content (AvgIpc) is 2.53.